The van der Waals surface area contributed by atoms with Crippen LogP contribution in [0.25, 0.3) is 10.8 Å². The van der Waals surface area contributed by atoms with Gasteiger partial charge in [0.15, 0.2) is 0 Å². The van der Waals surface area contributed by atoms with Crippen LogP contribution >= 0.6 is 11.6 Å². The molecule has 0 aromatic heterocycles. The van der Waals surface area contributed by atoms with Crippen LogP contribution in [0.15, 0.2) is 78.9 Å². The molecule has 6 heteroatoms. The van der Waals surface area contributed by atoms with Crippen molar-refractivity contribution < 1.29 is 19.0 Å². The molecule has 0 fully saturated rings. The highest BCUT2D eigenvalue weighted by Crippen LogP contribution is 2.29. The molecule has 5 nitrogen and oxygen atoms in total. The molecule has 0 spiro atoms. The van der Waals surface area contributed by atoms with Gasteiger partial charge in [0.25, 0.3) is 5.91 Å². The molecule has 0 saturated carbocycles. The topological polar surface area (TPSA) is 56.8 Å². The van der Waals surface area contributed by atoms with Gasteiger partial charge in [-0.2, -0.15) is 0 Å². The number of ether oxygens (including phenoxy) is 3. The van der Waals surface area contributed by atoms with Crippen LogP contribution in [0.5, 0.6) is 17.2 Å². The smallest absolute Gasteiger partial charge is 0.255 e. The molecule has 1 amide bonds. The largest absolute Gasteiger partial charge is 0.496 e. The number of anilines is 1. The zero-order valence-electron chi connectivity index (χ0n) is 17.7. The molecule has 0 radical (unpaired) electrons. The standard InChI is InChI=1S/C26H22ClNO4/c1-30-23-12-10-18(26(29)28-20-11-13-25(31-2)22(27)15-20)14-19(23)16-32-24-9-5-7-17-6-3-4-8-21(17)24/h3-15H,16H2,1-2H3,(H,28,29). The van der Waals surface area contributed by atoms with E-state index in [9.17, 15) is 4.79 Å². The third-order valence-electron chi connectivity index (χ3n) is 5.09. The lowest BCUT2D eigenvalue weighted by molar-refractivity contribution is 0.102. The number of amides is 1. The van der Waals surface area contributed by atoms with Crippen molar-refractivity contribution in [3.05, 3.63) is 95.0 Å². The van der Waals surface area contributed by atoms with Gasteiger partial charge in [-0.1, -0.05) is 48.0 Å². The van der Waals surface area contributed by atoms with E-state index >= 15 is 0 Å². The van der Waals surface area contributed by atoms with Crippen LogP contribution < -0.4 is 19.5 Å². The van der Waals surface area contributed by atoms with Gasteiger partial charge >= 0.3 is 0 Å². The minimum Gasteiger partial charge on any atom is -0.496 e. The summed E-state index contributed by atoms with van der Waals surface area (Å²) in [6.07, 6.45) is 0. The summed E-state index contributed by atoms with van der Waals surface area (Å²) in [5.74, 6) is 1.70. The Morgan fingerprint density at radius 2 is 1.59 bits per heavy atom. The van der Waals surface area contributed by atoms with Crippen LogP contribution in [0.2, 0.25) is 5.02 Å². The molecule has 0 aliphatic heterocycles. The fourth-order valence-electron chi connectivity index (χ4n) is 3.46. The van der Waals surface area contributed by atoms with Crippen molar-refractivity contribution in [3.8, 4) is 17.2 Å². The Bertz CT molecular complexity index is 1270. The number of benzene rings is 4. The van der Waals surface area contributed by atoms with Gasteiger partial charge < -0.3 is 19.5 Å². The molecule has 0 atom stereocenters. The maximum absolute atomic E-state index is 12.8. The van der Waals surface area contributed by atoms with E-state index < -0.39 is 0 Å². The van der Waals surface area contributed by atoms with Gasteiger partial charge in [0.2, 0.25) is 0 Å². The molecule has 4 aromatic carbocycles. The number of hydrogen-bond acceptors (Lipinski definition) is 4. The highest BCUT2D eigenvalue weighted by Gasteiger charge is 2.13. The van der Waals surface area contributed by atoms with Crippen LogP contribution in [-0.4, -0.2) is 20.1 Å². The lowest BCUT2D eigenvalue weighted by Gasteiger charge is -2.14. The van der Waals surface area contributed by atoms with Gasteiger partial charge in [-0.05, 0) is 47.9 Å². The first kappa shape index (κ1) is 21.5. The second kappa shape index (κ2) is 9.62. The molecule has 0 aliphatic carbocycles. The fourth-order valence-corrected chi connectivity index (χ4v) is 3.71. The predicted octanol–water partition coefficient (Wildman–Crippen LogP) is 6.34. The van der Waals surface area contributed by atoms with E-state index in [1.165, 1.54) is 0 Å². The van der Waals surface area contributed by atoms with E-state index in [4.69, 9.17) is 25.8 Å². The van der Waals surface area contributed by atoms with E-state index in [2.05, 4.69) is 5.32 Å². The first-order valence-corrected chi connectivity index (χ1v) is 10.4. The van der Waals surface area contributed by atoms with Crippen LogP contribution in [-0.2, 0) is 6.61 Å². The maximum atomic E-state index is 12.8. The molecule has 162 valence electrons. The SMILES string of the molecule is COc1ccc(NC(=O)c2ccc(OC)c(COc3cccc4ccccc34)c2)cc1Cl. The minimum absolute atomic E-state index is 0.257. The van der Waals surface area contributed by atoms with Gasteiger partial charge in [-0.25, -0.2) is 0 Å². The lowest BCUT2D eigenvalue weighted by Crippen LogP contribution is -2.13. The summed E-state index contributed by atoms with van der Waals surface area (Å²) >= 11 is 6.16. The summed E-state index contributed by atoms with van der Waals surface area (Å²) in [6.45, 7) is 0.257. The summed E-state index contributed by atoms with van der Waals surface area (Å²) in [5.41, 5.74) is 1.82. The number of hydrogen-bond donors (Lipinski definition) is 1. The number of methoxy groups -OCH3 is 2. The first-order chi connectivity index (χ1) is 15.6. The van der Waals surface area contributed by atoms with Crippen molar-refractivity contribution in [1.82, 2.24) is 0 Å². The normalized spacial score (nSPS) is 10.6. The van der Waals surface area contributed by atoms with Crippen molar-refractivity contribution in [1.29, 1.82) is 0 Å². The van der Waals surface area contributed by atoms with E-state index in [0.717, 1.165) is 22.1 Å². The monoisotopic (exact) mass is 447 g/mol. The third kappa shape index (κ3) is 4.63. The quantitative estimate of drug-likeness (QED) is 0.359. The van der Waals surface area contributed by atoms with Crippen molar-refractivity contribution in [3.63, 3.8) is 0 Å². The molecule has 0 bridgehead atoms. The highest BCUT2D eigenvalue weighted by molar-refractivity contribution is 6.32. The molecular weight excluding hydrogens is 426 g/mol. The van der Waals surface area contributed by atoms with Crippen molar-refractivity contribution in [2.24, 2.45) is 0 Å². The first-order valence-electron chi connectivity index (χ1n) is 10.0. The Morgan fingerprint density at radius 1 is 0.844 bits per heavy atom. The van der Waals surface area contributed by atoms with Crippen LogP contribution in [0, 0.1) is 0 Å². The molecule has 4 rings (SSSR count). The van der Waals surface area contributed by atoms with Crippen LogP contribution in [0.3, 0.4) is 0 Å². The average molecular weight is 448 g/mol. The van der Waals surface area contributed by atoms with Gasteiger partial charge in [-0.15, -0.1) is 0 Å². The van der Waals surface area contributed by atoms with Gasteiger partial charge in [0.05, 0.1) is 19.2 Å². The van der Waals surface area contributed by atoms with E-state index in [0.29, 0.717) is 27.8 Å². The molecule has 1 N–H and O–H groups in total. The van der Waals surface area contributed by atoms with E-state index in [1.54, 1.807) is 50.6 Å². The predicted molar refractivity (Wildman–Crippen MR) is 127 cm³/mol. The average Bonchev–Trinajstić information content (AvgIpc) is 2.82. The number of rotatable bonds is 7. The second-order valence-corrected chi connectivity index (χ2v) is 7.50. The van der Waals surface area contributed by atoms with Crippen LogP contribution in [0.1, 0.15) is 15.9 Å². The van der Waals surface area contributed by atoms with Crippen molar-refractivity contribution in [2.45, 2.75) is 6.61 Å². The van der Waals surface area contributed by atoms with Crippen molar-refractivity contribution in [2.75, 3.05) is 19.5 Å². The Kier molecular flexibility index (Phi) is 6.47. The summed E-state index contributed by atoms with van der Waals surface area (Å²) in [5, 5.41) is 5.40. The van der Waals surface area contributed by atoms with Gasteiger partial charge in [0.1, 0.15) is 23.9 Å². The lowest BCUT2D eigenvalue weighted by atomic mass is 10.1. The zero-order valence-corrected chi connectivity index (χ0v) is 18.5. The second-order valence-electron chi connectivity index (χ2n) is 7.10. The summed E-state index contributed by atoms with van der Waals surface area (Å²) in [6, 6.07) is 24.3. The molecule has 0 heterocycles. The summed E-state index contributed by atoms with van der Waals surface area (Å²) < 4.78 is 16.7. The number of carbonyl (C=O) groups excluding carboxylic acids is 1. The Labute approximate surface area is 191 Å². The maximum Gasteiger partial charge on any atom is 0.255 e. The highest BCUT2D eigenvalue weighted by atomic mass is 35.5. The molecular formula is C26H22ClNO4. The Hall–Kier alpha value is -3.70. The zero-order chi connectivity index (χ0) is 22.5. The molecule has 0 unspecified atom stereocenters. The Balaban J connectivity index is 1.54. The van der Waals surface area contributed by atoms with E-state index in [-0.39, 0.29) is 12.5 Å². The minimum atomic E-state index is -0.264. The fraction of sp³-hybridized carbons (Fsp3) is 0.115. The van der Waals surface area contributed by atoms with Crippen LogP contribution in [0.4, 0.5) is 5.69 Å². The Morgan fingerprint density at radius 3 is 2.38 bits per heavy atom. The van der Waals surface area contributed by atoms with Crippen molar-refractivity contribution >= 4 is 34.0 Å². The molecule has 0 saturated heterocycles. The molecule has 0 aliphatic rings. The summed E-state index contributed by atoms with van der Waals surface area (Å²) in [7, 11) is 3.13. The molecule has 4 aromatic rings. The van der Waals surface area contributed by atoms with Gasteiger partial charge in [-0.3, -0.25) is 4.79 Å². The number of carbonyl (C=O) groups is 1. The molecule has 32 heavy (non-hydrogen) atoms. The number of halogens is 1. The third-order valence-corrected chi connectivity index (χ3v) is 5.38. The number of fused-ring (bicyclic) bond motifs is 1. The summed E-state index contributed by atoms with van der Waals surface area (Å²) in [4.78, 5) is 12.8. The van der Waals surface area contributed by atoms with E-state index in [1.807, 2.05) is 42.5 Å². The van der Waals surface area contributed by atoms with Gasteiger partial charge in [0, 0.05) is 22.2 Å². The number of nitrogens with one attached hydrogen (secondary N) is 1.